The smallest absolute Gasteiger partial charge is 0.338 e. The van der Waals surface area contributed by atoms with Gasteiger partial charge in [-0.15, -0.1) is 22.7 Å². The summed E-state index contributed by atoms with van der Waals surface area (Å²) in [6, 6.07) is 24.0. The van der Waals surface area contributed by atoms with Crippen LogP contribution < -0.4 is 14.8 Å². The summed E-state index contributed by atoms with van der Waals surface area (Å²) in [6.45, 7) is 1.52. The van der Waals surface area contributed by atoms with Crippen molar-refractivity contribution in [2.75, 3.05) is 19.5 Å². The number of hydrogen-bond donors (Lipinski definition) is 1. The number of thiazole rings is 1. The number of amides is 1. The Labute approximate surface area is 261 Å². The Kier molecular flexibility index (Phi) is 8.31. The fraction of sp³-hybridized carbons (Fsp3) is 0.121. The normalized spacial score (nSPS) is 11.6. The number of carbonyl (C=O) groups is 2. The number of methoxy groups -OCH3 is 2. The molecular formula is C33H26N4O5S2. The Morgan fingerprint density at radius 2 is 1.41 bits per heavy atom. The molecule has 6 rings (SSSR count). The highest BCUT2D eigenvalue weighted by Gasteiger charge is 2.22. The van der Waals surface area contributed by atoms with Crippen LogP contribution in [0.1, 0.15) is 17.3 Å². The van der Waals surface area contributed by atoms with E-state index in [1.54, 1.807) is 43.8 Å². The van der Waals surface area contributed by atoms with Crippen LogP contribution in [0, 0.1) is 0 Å². The van der Waals surface area contributed by atoms with Gasteiger partial charge in [0.25, 0.3) is 5.91 Å². The first-order valence-corrected chi connectivity index (χ1v) is 15.3. The number of anilines is 1. The molecule has 6 aromatic rings. The van der Waals surface area contributed by atoms with E-state index >= 15 is 0 Å². The van der Waals surface area contributed by atoms with E-state index < -0.39 is 18.0 Å². The number of hydrogen-bond acceptors (Lipinski definition) is 10. The Balaban J connectivity index is 1.25. The zero-order chi connectivity index (χ0) is 30.6. The van der Waals surface area contributed by atoms with Crippen molar-refractivity contribution in [3.8, 4) is 44.6 Å². The van der Waals surface area contributed by atoms with Gasteiger partial charge in [-0.1, -0.05) is 6.07 Å². The van der Waals surface area contributed by atoms with Crippen LogP contribution in [0.2, 0.25) is 0 Å². The number of fused-ring (bicyclic) bond motifs is 1. The highest BCUT2D eigenvalue weighted by atomic mass is 32.1. The van der Waals surface area contributed by atoms with Gasteiger partial charge in [-0.25, -0.2) is 19.7 Å². The van der Waals surface area contributed by atoms with Crippen LogP contribution in [0.4, 0.5) is 5.13 Å². The highest BCUT2D eigenvalue weighted by Crippen LogP contribution is 2.33. The van der Waals surface area contributed by atoms with Crippen molar-refractivity contribution in [3.05, 3.63) is 95.2 Å². The number of thiophene rings is 1. The van der Waals surface area contributed by atoms with Crippen molar-refractivity contribution in [2.45, 2.75) is 13.0 Å². The molecule has 3 heterocycles. The molecule has 0 aliphatic rings. The SMILES string of the molecule is COc1ccc(-c2nc3ccc(C(=O)OC(C)C(=O)Nc4nc(-c5cccs5)cs4)cc3nc2-c2ccc(OC)cc2)cc1. The zero-order valence-corrected chi connectivity index (χ0v) is 25.6. The van der Waals surface area contributed by atoms with Crippen LogP contribution in [-0.4, -0.2) is 47.2 Å². The predicted octanol–water partition coefficient (Wildman–Crippen LogP) is 7.35. The molecule has 0 radical (unpaired) electrons. The zero-order valence-electron chi connectivity index (χ0n) is 23.9. The van der Waals surface area contributed by atoms with Crippen molar-refractivity contribution in [2.24, 2.45) is 0 Å². The van der Waals surface area contributed by atoms with Gasteiger partial charge in [-0.3, -0.25) is 10.1 Å². The van der Waals surface area contributed by atoms with E-state index in [4.69, 9.17) is 24.2 Å². The lowest BCUT2D eigenvalue weighted by Gasteiger charge is -2.14. The summed E-state index contributed by atoms with van der Waals surface area (Å²) in [7, 11) is 3.23. The standard InChI is InChI=1S/C33H26N4O5S2/c1-19(31(38)37-33-36-27(18-44-33)28-5-4-16-43-28)42-32(39)22-10-15-25-26(17-22)35-30(21-8-13-24(41-3)14-9-21)29(34-25)20-6-11-23(40-2)12-7-20/h4-19H,1-3H3,(H,36,37,38). The van der Waals surface area contributed by atoms with Crippen molar-refractivity contribution in [1.29, 1.82) is 0 Å². The Morgan fingerprint density at radius 3 is 2.00 bits per heavy atom. The number of nitrogens with one attached hydrogen (secondary N) is 1. The molecule has 44 heavy (non-hydrogen) atoms. The molecule has 1 unspecified atom stereocenters. The molecule has 0 aliphatic heterocycles. The molecule has 3 aromatic carbocycles. The molecule has 1 N–H and O–H groups in total. The Morgan fingerprint density at radius 1 is 0.773 bits per heavy atom. The summed E-state index contributed by atoms with van der Waals surface area (Å²) in [4.78, 5) is 41.2. The van der Waals surface area contributed by atoms with Gasteiger partial charge in [-0.05, 0) is 85.1 Å². The molecule has 0 saturated heterocycles. The average molecular weight is 623 g/mol. The number of esters is 1. The number of benzene rings is 3. The van der Waals surface area contributed by atoms with Crippen molar-refractivity contribution < 1.29 is 23.8 Å². The lowest BCUT2D eigenvalue weighted by molar-refractivity contribution is -0.123. The largest absolute Gasteiger partial charge is 0.497 e. The minimum Gasteiger partial charge on any atom is -0.497 e. The summed E-state index contributed by atoms with van der Waals surface area (Å²) in [5, 5.41) is 7.00. The van der Waals surface area contributed by atoms with Crippen LogP contribution >= 0.6 is 22.7 Å². The van der Waals surface area contributed by atoms with Crippen LogP contribution in [-0.2, 0) is 9.53 Å². The van der Waals surface area contributed by atoms with Gasteiger partial charge in [0.1, 0.15) is 11.5 Å². The maximum atomic E-state index is 13.1. The van der Waals surface area contributed by atoms with Crippen LogP contribution in [0.25, 0.3) is 44.1 Å². The van der Waals surface area contributed by atoms with Gasteiger partial charge in [-0.2, -0.15) is 0 Å². The quantitative estimate of drug-likeness (QED) is 0.167. The second kappa shape index (κ2) is 12.6. The molecule has 0 fully saturated rings. The fourth-order valence-electron chi connectivity index (χ4n) is 4.44. The van der Waals surface area contributed by atoms with Gasteiger partial charge in [0.05, 0.1) is 52.8 Å². The summed E-state index contributed by atoms with van der Waals surface area (Å²) < 4.78 is 16.1. The lowest BCUT2D eigenvalue weighted by atomic mass is 10.0. The minimum absolute atomic E-state index is 0.249. The first kappa shape index (κ1) is 29.0. The van der Waals surface area contributed by atoms with E-state index in [0.717, 1.165) is 33.2 Å². The van der Waals surface area contributed by atoms with Crippen molar-refractivity contribution in [1.82, 2.24) is 15.0 Å². The molecule has 0 saturated carbocycles. The summed E-state index contributed by atoms with van der Waals surface area (Å²) in [6.07, 6.45) is -1.05. The third-order valence-corrected chi connectivity index (χ3v) is 8.44. The Bertz CT molecular complexity index is 1940. The maximum Gasteiger partial charge on any atom is 0.338 e. The maximum absolute atomic E-state index is 13.1. The number of aromatic nitrogens is 3. The Hall–Kier alpha value is -5.13. The summed E-state index contributed by atoms with van der Waals surface area (Å²) in [5.41, 5.74) is 5.13. The van der Waals surface area contributed by atoms with E-state index in [0.29, 0.717) is 27.6 Å². The summed E-state index contributed by atoms with van der Waals surface area (Å²) in [5.74, 6) is 0.320. The molecule has 0 bridgehead atoms. The first-order chi connectivity index (χ1) is 21.4. The van der Waals surface area contributed by atoms with Crippen LogP contribution in [0.3, 0.4) is 0 Å². The third kappa shape index (κ3) is 6.14. The van der Waals surface area contributed by atoms with Crippen molar-refractivity contribution >= 4 is 50.7 Å². The fourth-order valence-corrected chi connectivity index (χ4v) is 5.91. The van der Waals surface area contributed by atoms with E-state index in [1.807, 2.05) is 71.4 Å². The predicted molar refractivity (Wildman–Crippen MR) is 172 cm³/mol. The molecular weight excluding hydrogens is 597 g/mol. The van der Waals surface area contributed by atoms with E-state index in [1.165, 1.54) is 18.3 Å². The molecule has 9 nitrogen and oxygen atoms in total. The molecule has 220 valence electrons. The van der Waals surface area contributed by atoms with Gasteiger partial charge in [0.2, 0.25) is 0 Å². The van der Waals surface area contributed by atoms with Crippen LogP contribution in [0.5, 0.6) is 11.5 Å². The van der Waals surface area contributed by atoms with E-state index in [2.05, 4.69) is 10.3 Å². The summed E-state index contributed by atoms with van der Waals surface area (Å²) >= 11 is 2.87. The highest BCUT2D eigenvalue weighted by molar-refractivity contribution is 7.16. The molecule has 1 amide bonds. The van der Waals surface area contributed by atoms with E-state index in [9.17, 15) is 9.59 Å². The molecule has 0 aliphatic carbocycles. The third-order valence-electron chi connectivity index (χ3n) is 6.79. The number of ether oxygens (including phenoxy) is 3. The molecule has 11 heteroatoms. The van der Waals surface area contributed by atoms with Gasteiger partial charge in [0, 0.05) is 16.5 Å². The molecule has 1 atom stereocenters. The first-order valence-electron chi connectivity index (χ1n) is 13.5. The minimum atomic E-state index is -1.05. The second-order valence-corrected chi connectivity index (χ2v) is 11.4. The van der Waals surface area contributed by atoms with Gasteiger partial charge in [0.15, 0.2) is 11.2 Å². The van der Waals surface area contributed by atoms with Gasteiger partial charge < -0.3 is 14.2 Å². The van der Waals surface area contributed by atoms with Crippen LogP contribution in [0.15, 0.2) is 89.6 Å². The number of rotatable bonds is 9. The number of nitrogens with zero attached hydrogens (tertiary/aromatic N) is 3. The number of carbonyl (C=O) groups excluding carboxylic acids is 2. The average Bonchev–Trinajstić information content (AvgIpc) is 3.77. The lowest BCUT2D eigenvalue weighted by Crippen LogP contribution is -2.30. The molecule has 0 spiro atoms. The van der Waals surface area contributed by atoms with E-state index in [-0.39, 0.29) is 5.56 Å². The monoisotopic (exact) mass is 622 g/mol. The van der Waals surface area contributed by atoms with Crippen molar-refractivity contribution in [3.63, 3.8) is 0 Å². The second-order valence-electron chi connectivity index (χ2n) is 9.63. The molecule has 3 aromatic heterocycles. The van der Waals surface area contributed by atoms with Gasteiger partial charge >= 0.3 is 5.97 Å². The topological polar surface area (TPSA) is 113 Å².